The van der Waals surface area contributed by atoms with Crippen LogP contribution >= 0.6 is 0 Å². The highest BCUT2D eigenvalue weighted by molar-refractivity contribution is 7.89. The Hall–Kier alpha value is -2.38. The third-order valence-electron chi connectivity index (χ3n) is 3.15. The SMILES string of the molecule is Cc1ccc(NC(=O)NCNS(=O)(=O)c2ccc(C)cc2)cc1. The van der Waals surface area contributed by atoms with Gasteiger partial charge in [0.25, 0.3) is 0 Å². The number of anilines is 1. The zero-order valence-electron chi connectivity index (χ0n) is 13.0. The fourth-order valence-corrected chi connectivity index (χ4v) is 2.75. The number of hydrogen-bond acceptors (Lipinski definition) is 3. The number of rotatable bonds is 5. The molecule has 2 amide bonds. The van der Waals surface area contributed by atoms with E-state index in [1.165, 1.54) is 12.1 Å². The van der Waals surface area contributed by atoms with Crippen LogP contribution in [0.3, 0.4) is 0 Å². The van der Waals surface area contributed by atoms with Crippen LogP contribution in [0, 0.1) is 13.8 Å². The van der Waals surface area contributed by atoms with Gasteiger partial charge in [0.05, 0.1) is 11.6 Å². The molecule has 0 fully saturated rings. The first-order valence-corrected chi connectivity index (χ1v) is 8.53. The van der Waals surface area contributed by atoms with Gasteiger partial charge < -0.3 is 10.6 Å². The number of carbonyl (C=O) groups is 1. The van der Waals surface area contributed by atoms with Gasteiger partial charge in [0.2, 0.25) is 10.0 Å². The molecule has 3 N–H and O–H groups in total. The van der Waals surface area contributed by atoms with Crippen LogP contribution in [0.15, 0.2) is 53.4 Å². The molecule has 2 rings (SSSR count). The maximum atomic E-state index is 12.0. The van der Waals surface area contributed by atoms with E-state index >= 15 is 0 Å². The second-order valence-corrected chi connectivity index (χ2v) is 6.90. The quantitative estimate of drug-likeness (QED) is 0.734. The molecule has 2 aromatic rings. The lowest BCUT2D eigenvalue weighted by molar-refractivity contribution is 0.252. The topological polar surface area (TPSA) is 87.3 Å². The number of carbonyl (C=O) groups excluding carboxylic acids is 1. The second-order valence-electron chi connectivity index (χ2n) is 5.13. The van der Waals surface area contributed by atoms with E-state index in [1.54, 1.807) is 24.3 Å². The van der Waals surface area contributed by atoms with Gasteiger partial charge in [0, 0.05) is 5.69 Å². The average Bonchev–Trinajstić information content (AvgIpc) is 2.50. The van der Waals surface area contributed by atoms with Crippen molar-refractivity contribution >= 4 is 21.7 Å². The number of aryl methyl sites for hydroxylation is 2. The normalized spacial score (nSPS) is 11.0. The van der Waals surface area contributed by atoms with Crippen molar-refractivity contribution in [2.45, 2.75) is 18.7 Å². The Kier molecular flexibility index (Phi) is 5.36. The minimum Gasteiger partial charge on any atom is -0.324 e. The number of amides is 2. The zero-order valence-corrected chi connectivity index (χ0v) is 13.8. The summed E-state index contributed by atoms with van der Waals surface area (Å²) in [6.45, 7) is 3.62. The summed E-state index contributed by atoms with van der Waals surface area (Å²) >= 11 is 0. The first-order valence-electron chi connectivity index (χ1n) is 7.05. The Morgan fingerprint density at radius 1 is 0.913 bits per heavy atom. The molecule has 0 atom stereocenters. The standard InChI is InChI=1S/C16H19N3O3S/c1-12-3-7-14(8-4-12)19-16(20)17-11-18-23(21,22)15-9-5-13(2)6-10-15/h3-10,18H,11H2,1-2H3,(H2,17,19,20). The Morgan fingerprint density at radius 3 is 2.00 bits per heavy atom. The van der Waals surface area contributed by atoms with Gasteiger partial charge in [-0.15, -0.1) is 0 Å². The van der Waals surface area contributed by atoms with Gasteiger partial charge in [-0.05, 0) is 38.1 Å². The molecule has 7 heteroatoms. The minimum atomic E-state index is -3.64. The fourth-order valence-electron chi connectivity index (χ4n) is 1.82. The van der Waals surface area contributed by atoms with Crippen LogP contribution < -0.4 is 15.4 Å². The van der Waals surface area contributed by atoms with E-state index < -0.39 is 16.1 Å². The van der Waals surface area contributed by atoms with Crippen LogP contribution in [-0.2, 0) is 10.0 Å². The summed E-state index contributed by atoms with van der Waals surface area (Å²) in [6.07, 6.45) is 0. The van der Waals surface area contributed by atoms with E-state index in [1.807, 2.05) is 26.0 Å². The predicted molar refractivity (Wildman–Crippen MR) is 89.7 cm³/mol. The van der Waals surface area contributed by atoms with Crippen LogP contribution in [0.4, 0.5) is 10.5 Å². The number of hydrogen-bond donors (Lipinski definition) is 3. The molecule has 0 spiro atoms. The van der Waals surface area contributed by atoms with E-state index in [9.17, 15) is 13.2 Å². The minimum absolute atomic E-state index is 0.156. The first kappa shape index (κ1) is 17.0. The highest BCUT2D eigenvalue weighted by Gasteiger charge is 2.13. The second kappa shape index (κ2) is 7.26. The molecule has 0 bridgehead atoms. The van der Waals surface area contributed by atoms with Gasteiger partial charge in [0.1, 0.15) is 0 Å². The lowest BCUT2D eigenvalue weighted by Crippen LogP contribution is -2.39. The molecule has 0 aliphatic carbocycles. The zero-order chi connectivity index (χ0) is 16.9. The van der Waals surface area contributed by atoms with Crippen molar-refractivity contribution in [1.82, 2.24) is 10.0 Å². The van der Waals surface area contributed by atoms with Gasteiger partial charge in [0.15, 0.2) is 0 Å². The van der Waals surface area contributed by atoms with E-state index in [4.69, 9.17) is 0 Å². The molecule has 0 aliphatic rings. The Bertz CT molecular complexity index is 769. The number of urea groups is 1. The molecule has 0 aliphatic heterocycles. The molecule has 0 aromatic heterocycles. The van der Waals surface area contributed by atoms with Crippen molar-refractivity contribution < 1.29 is 13.2 Å². The summed E-state index contributed by atoms with van der Waals surface area (Å²) in [4.78, 5) is 11.9. The maximum Gasteiger partial charge on any atom is 0.320 e. The predicted octanol–water partition coefficient (Wildman–Crippen LogP) is 2.36. The van der Waals surface area contributed by atoms with Crippen molar-refractivity contribution in [1.29, 1.82) is 0 Å². The summed E-state index contributed by atoms with van der Waals surface area (Å²) in [5.41, 5.74) is 2.69. The van der Waals surface area contributed by atoms with E-state index in [2.05, 4.69) is 15.4 Å². The molecule has 6 nitrogen and oxygen atoms in total. The summed E-state index contributed by atoms with van der Waals surface area (Å²) in [6, 6.07) is 13.3. The van der Waals surface area contributed by atoms with Gasteiger partial charge in [-0.1, -0.05) is 35.4 Å². The van der Waals surface area contributed by atoms with Crippen LogP contribution in [0.5, 0.6) is 0 Å². The fraction of sp³-hybridized carbons (Fsp3) is 0.188. The summed E-state index contributed by atoms with van der Waals surface area (Å²) in [5, 5.41) is 5.06. The van der Waals surface area contributed by atoms with Crippen molar-refractivity contribution in [2.24, 2.45) is 0 Å². The molecular formula is C16H19N3O3S. The molecule has 23 heavy (non-hydrogen) atoms. The van der Waals surface area contributed by atoms with Crippen molar-refractivity contribution in [3.05, 3.63) is 59.7 Å². The van der Waals surface area contributed by atoms with Crippen molar-refractivity contribution in [3.8, 4) is 0 Å². The molecule has 0 unspecified atom stereocenters. The van der Waals surface area contributed by atoms with E-state index in [0.717, 1.165) is 11.1 Å². The molecule has 0 heterocycles. The van der Waals surface area contributed by atoms with Gasteiger partial charge in [-0.3, -0.25) is 0 Å². The molecule has 0 saturated carbocycles. The van der Waals surface area contributed by atoms with Crippen LogP contribution in [0.2, 0.25) is 0 Å². The lowest BCUT2D eigenvalue weighted by Gasteiger charge is -2.10. The van der Waals surface area contributed by atoms with Crippen molar-refractivity contribution in [2.75, 3.05) is 12.0 Å². The highest BCUT2D eigenvalue weighted by atomic mass is 32.2. The van der Waals surface area contributed by atoms with Crippen LogP contribution in [0.25, 0.3) is 0 Å². The van der Waals surface area contributed by atoms with Gasteiger partial charge in [-0.25, -0.2) is 13.2 Å². The first-order chi connectivity index (χ1) is 10.9. The molecule has 122 valence electrons. The number of benzene rings is 2. The van der Waals surface area contributed by atoms with E-state index in [0.29, 0.717) is 5.69 Å². The molecular weight excluding hydrogens is 314 g/mol. The smallest absolute Gasteiger partial charge is 0.320 e. The summed E-state index contributed by atoms with van der Waals surface area (Å²) in [7, 11) is -3.64. The molecule has 2 aromatic carbocycles. The van der Waals surface area contributed by atoms with Crippen LogP contribution in [-0.4, -0.2) is 21.1 Å². The van der Waals surface area contributed by atoms with Crippen LogP contribution in [0.1, 0.15) is 11.1 Å². The third-order valence-corrected chi connectivity index (χ3v) is 4.57. The maximum absolute atomic E-state index is 12.0. The third kappa shape index (κ3) is 5.08. The Balaban J connectivity index is 1.85. The Morgan fingerprint density at radius 2 is 1.43 bits per heavy atom. The number of sulfonamides is 1. The largest absolute Gasteiger partial charge is 0.324 e. The van der Waals surface area contributed by atoms with E-state index in [-0.39, 0.29) is 11.6 Å². The lowest BCUT2D eigenvalue weighted by atomic mass is 10.2. The summed E-state index contributed by atoms with van der Waals surface area (Å²) in [5.74, 6) is 0. The Labute approximate surface area is 136 Å². The average molecular weight is 333 g/mol. The molecule has 0 saturated heterocycles. The monoisotopic (exact) mass is 333 g/mol. The van der Waals surface area contributed by atoms with Gasteiger partial charge in [-0.2, -0.15) is 4.72 Å². The van der Waals surface area contributed by atoms with Gasteiger partial charge >= 0.3 is 6.03 Å². The summed E-state index contributed by atoms with van der Waals surface area (Å²) < 4.78 is 26.4. The van der Waals surface area contributed by atoms with Crippen molar-refractivity contribution in [3.63, 3.8) is 0 Å². The highest BCUT2D eigenvalue weighted by Crippen LogP contribution is 2.09. The molecule has 0 radical (unpaired) electrons. The number of nitrogens with one attached hydrogen (secondary N) is 3.